The molecule has 3 heterocycles. The maximum absolute atomic E-state index is 12.8. The summed E-state index contributed by atoms with van der Waals surface area (Å²) in [4.78, 5) is 19.7. The van der Waals surface area contributed by atoms with Gasteiger partial charge in [-0.25, -0.2) is 0 Å². The largest absolute Gasteiger partial charge is 0.468 e. The molecule has 5 heteroatoms. The molecule has 1 aliphatic rings. The zero-order valence-electron chi connectivity index (χ0n) is 15.6. The molecule has 3 aromatic rings. The normalized spacial score (nSPS) is 13.3. The molecular formula is C22H24N2O2S. The van der Waals surface area contributed by atoms with E-state index in [1.165, 1.54) is 15.3 Å². The van der Waals surface area contributed by atoms with Gasteiger partial charge in [0.1, 0.15) is 5.76 Å². The first-order chi connectivity index (χ1) is 13.2. The van der Waals surface area contributed by atoms with Gasteiger partial charge in [-0.15, -0.1) is 11.3 Å². The van der Waals surface area contributed by atoms with Gasteiger partial charge < -0.3 is 9.32 Å². The third kappa shape index (κ3) is 4.31. The number of anilines is 1. The summed E-state index contributed by atoms with van der Waals surface area (Å²) in [6, 6.07) is 16.4. The lowest BCUT2D eigenvalue weighted by Gasteiger charge is -2.23. The predicted molar refractivity (Wildman–Crippen MR) is 109 cm³/mol. The van der Waals surface area contributed by atoms with E-state index in [2.05, 4.69) is 36.1 Å². The molecule has 0 aliphatic carbocycles. The maximum Gasteiger partial charge on any atom is 0.228 e. The van der Waals surface area contributed by atoms with Gasteiger partial charge in [0.2, 0.25) is 5.91 Å². The quantitative estimate of drug-likeness (QED) is 0.600. The Morgan fingerprint density at radius 3 is 2.81 bits per heavy atom. The minimum atomic E-state index is 0.201. The highest BCUT2D eigenvalue weighted by atomic mass is 32.1. The Hall–Kier alpha value is -2.37. The summed E-state index contributed by atoms with van der Waals surface area (Å²) >= 11 is 1.81. The van der Waals surface area contributed by atoms with Crippen molar-refractivity contribution in [3.63, 3.8) is 0 Å². The number of fused-ring (bicyclic) bond motifs is 1. The van der Waals surface area contributed by atoms with Gasteiger partial charge in [0, 0.05) is 41.5 Å². The van der Waals surface area contributed by atoms with Gasteiger partial charge in [0.25, 0.3) is 0 Å². The summed E-state index contributed by atoms with van der Waals surface area (Å²) in [6.45, 7) is 5.19. The summed E-state index contributed by atoms with van der Waals surface area (Å²) in [6.07, 6.45) is 3.17. The Balaban J connectivity index is 1.41. The molecule has 1 amide bonds. The van der Waals surface area contributed by atoms with Gasteiger partial charge in [0.15, 0.2) is 0 Å². The van der Waals surface area contributed by atoms with Crippen molar-refractivity contribution in [3.05, 3.63) is 75.9 Å². The Bertz CT molecular complexity index is 901. The Morgan fingerprint density at radius 1 is 1.15 bits per heavy atom. The van der Waals surface area contributed by atoms with Gasteiger partial charge in [-0.2, -0.15) is 0 Å². The topological polar surface area (TPSA) is 36.7 Å². The van der Waals surface area contributed by atoms with Crippen LogP contribution in [0.15, 0.2) is 59.2 Å². The molecule has 0 saturated carbocycles. The van der Waals surface area contributed by atoms with Crippen LogP contribution in [0, 0.1) is 6.92 Å². The lowest BCUT2D eigenvalue weighted by Crippen LogP contribution is -2.33. The molecule has 0 spiro atoms. The maximum atomic E-state index is 12.8. The molecule has 1 aliphatic heterocycles. The Kier molecular flexibility index (Phi) is 5.41. The zero-order chi connectivity index (χ0) is 18.6. The molecule has 140 valence electrons. The molecule has 0 atom stereocenters. The lowest BCUT2D eigenvalue weighted by molar-refractivity contribution is -0.118. The molecular weight excluding hydrogens is 356 g/mol. The van der Waals surface area contributed by atoms with Crippen molar-refractivity contribution < 1.29 is 9.21 Å². The minimum absolute atomic E-state index is 0.201. The van der Waals surface area contributed by atoms with E-state index in [4.69, 9.17) is 4.42 Å². The lowest BCUT2D eigenvalue weighted by atomic mass is 10.2. The third-order valence-corrected chi connectivity index (χ3v) is 5.95. The number of thiophene rings is 1. The summed E-state index contributed by atoms with van der Waals surface area (Å²) in [5, 5.41) is 0. The molecule has 4 nitrogen and oxygen atoms in total. The number of benzene rings is 1. The standard InChI is InChI=1S/C22H24N2O2S/c1-17-8-9-20(27-17)16-23(15-19-6-4-14-26-19)12-11-22(25)24-13-10-18-5-2-3-7-21(18)24/h2-9,14H,10-13,15-16H2,1H3. The SMILES string of the molecule is Cc1ccc(CN(CCC(=O)N2CCc3ccccc32)Cc2ccco2)s1. The van der Waals surface area contributed by atoms with Gasteiger partial charge in [-0.1, -0.05) is 18.2 Å². The Morgan fingerprint density at radius 2 is 2.04 bits per heavy atom. The van der Waals surface area contributed by atoms with E-state index < -0.39 is 0 Å². The number of hydrogen-bond acceptors (Lipinski definition) is 4. The molecule has 1 aromatic carbocycles. The number of furan rings is 1. The summed E-state index contributed by atoms with van der Waals surface area (Å²) < 4.78 is 5.53. The van der Waals surface area contributed by atoms with Gasteiger partial charge in [0.05, 0.1) is 12.8 Å². The number of rotatable bonds is 7. The minimum Gasteiger partial charge on any atom is -0.468 e. The molecule has 0 bridgehead atoms. The fraction of sp³-hybridized carbons (Fsp3) is 0.318. The summed E-state index contributed by atoms with van der Waals surface area (Å²) in [7, 11) is 0. The second-order valence-corrected chi connectivity index (χ2v) is 8.35. The van der Waals surface area contributed by atoms with Crippen molar-refractivity contribution >= 4 is 22.9 Å². The number of amides is 1. The average molecular weight is 381 g/mol. The highest BCUT2D eigenvalue weighted by Crippen LogP contribution is 2.28. The van der Waals surface area contributed by atoms with Crippen LogP contribution >= 0.6 is 11.3 Å². The summed E-state index contributed by atoms with van der Waals surface area (Å²) in [5.41, 5.74) is 2.35. The predicted octanol–water partition coefficient (Wildman–Crippen LogP) is 4.63. The second-order valence-electron chi connectivity index (χ2n) is 6.98. The van der Waals surface area contributed by atoms with Gasteiger partial charge in [-0.3, -0.25) is 9.69 Å². The van der Waals surface area contributed by atoms with Crippen molar-refractivity contribution in [2.75, 3.05) is 18.0 Å². The van der Waals surface area contributed by atoms with E-state index in [-0.39, 0.29) is 5.91 Å². The Labute approximate surface area is 164 Å². The molecule has 27 heavy (non-hydrogen) atoms. The number of carbonyl (C=O) groups excluding carboxylic acids is 1. The van der Waals surface area contributed by atoms with Crippen molar-refractivity contribution in [2.24, 2.45) is 0 Å². The van der Waals surface area contributed by atoms with E-state index in [1.807, 2.05) is 40.5 Å². The molecule has 0 N–H and O–H groups in total. The van der Waals surface area contributed by atoms with Crippen LogP contribution in [-0.2, 0) is 24.3 Å². The van der Waals surface area contributed by atoms with Crippen LogP contribution in [0.5, 0.6) is 0 Å². The third-order valence-electron chi connectivity index (χ3n) is 4.97. The molecule has 0 fully saturated rings. The summed E-state index contributed by atoms with van der Waals surface area (Å²) in [5.74, 6) is 1.13. The van der Waals surface area contributed by atoms with Gasteiger partial charge in [-0.05, 0) is 49.2 Å². The first-order valence-corrected chi connectivity index (χ1v) is 10.2. The van der Waals surface area contributed by atoms with E-state index in [0.717, 1.165) is 37.5 Å². The smallest absolute Gasteiger partial charge is 0.228 e. The molecule has 0 radical (unpaired) electrons. The highest BCUT2D eigenvalue weighted by molar-refractivity contribution is 7.11. The van der Waals surface area contributed by atoms with Crippen LogP contribution in [-0.4, -0.2) is 23.9 Å². The van der Waals surface area contributed by atoms with Crippen LogP contribution in [0.3, 0.4) is 0 Å². The number of aryl methyl sites for hydroxylation is 1. The number of para-hydroxylation sites is 1. The first-order valence-electron chi connectivity index (χ1n) is 9.37. The van der Waals surface area contributed by atoms with Crippen LogP contribution in [0.4, 0.5) is 5.69 Å². The van der Waals surface area contributed by atoms with Crippen molar-refractivity contribution in [3.8, 4) is 0 Å². The van der Waals surface area contributed by atoms with Crippen LogP contribution in [0.1, 0.15) is 27.5 Å². The second kappa shape index (κ2) is 8.11. The molecule has 0 unspecified atom stereocenters. The monoisotopic (exact) mass is 380 g/mol. The molecule has 0 saturated heterocycles. The van der Waals surface area contributed by atoms with Crippen LogP contribution in [0.25, 0.3) is 0 Å². The average Bonchev–Trinajstić information content (AvgIpc) is 3.40. The van der Waals surface area contributed by atoms with Crippen LogP contribution < -0.4 is 4.90 Å². The van der Waals surface area contributed by atoms with Crippen molar-refractivity contribution in [2.45, 2.75) is 32.9 Å². The number of hydrogen-bond donors (Lipinski definition) is 0. The fourth-order valence-corrected chi connectivity index (χ4v) is 4.55. The van der Waals surface area contributed by atoms with E-state index in [0.29, 0.717) is 13.0 Å². The van der Waals surface area contributed by atoms with E-state index in [9.17, 15) is 4.79 Å². The van der Waals surface area contributed by atoms with Gasteiger partial charge >= 0.3 is 0 Å². The number of carbonyl (C=O) groups is 1. The van der Waals surface area contributed by atoms with Crippen molar-refractivity contribution in [1.82, 2.24) is 4.90 Å². The number of nitrogens with zero attached hydrogens (tertiary/aromatic N) is 2. The zero-order valence-corrected chi connectivity index (χ0v) is 16.4. The molecule has 2 aromatic heterocycles. The first kappa shape index (κ1) is 18.0. The highest BCUT2D eigenvalue weighted by Gasteiger charge is 2.24. The van der Waals surface area contributed by atoms with E-state index in [1.54, 1.807) is 6.26 Å². The van der Waals surface area contributed by atoms with Crippen LogP contribution in [0.2, 0.25) is 0 Å². The fourth-order valence-electron chi connectivity index (χ4n) is 3.61. The molecule has 4 rings (SSSR count). The van der Waals surface area contributed by atoms with E-state index >= 15 is 0 Å². The van der Waals surface area contributed by atoms with Crippen molar-refractivity contribution in [1.29, 1.82) is 0 Å².